The molecule has 4 heteroatoms. The van der Waals surface area contributed by atoms with Gasteiger partial charge in [-0.25, -0.2) is 0 Å². The third-order valence-corrected chi connectivity index (χ3v) is 4.64. The van der Waals surface area contributed by atoms with Crippen molar-refractivity contribution in [2.75, 3.05) is 13.2 Å². The number of aliphatic hydroxyl groups is 1. The molecule has 2 atom stereocenters. The summed E-state index contributed by atoms with van der Waals surface area (Å²) in [7, 11) is 0. The van der Waals surface area contributed by atoms with Gasteiger partial charge < -0.3 is 14.6 Å². The van der Waals surface area contributed by atoms with E-state index in [2.05, 4.69) is 0 Å². The summed E-state index contributed by atoms with van der Waals surface area (Å²) in [5.41, 5.74) is 0.640. The molecular formula is C19H18O4. The van der Waals surface area contributed by atoms with Crippen molar-refractivity contribution in [1.29, 1.82) is 0 Å². The fourth-order valence-corrected chi connectivity index (χ4v) is 3.20. The molecule has 1 saturated carbocycles. The van der Waals surface area contributed by atoms with Crippen molar-refractivity contribution in [2.24, 2.45) is 5.92 Å². The number of carbonyl (C=O) groups is 1. The molecule has 2 unspecified atom stereocenters. The third kappa shape index (κ3) is 2.59. The summed E-state index contributed by atoms with van der Waals surface area (Å²) in [5, 5.41) is 10.7. The summed E-state index contributed by atoms with van der Waals surface area (Å²) in [6, 6.07) is 14.8. The van der Waals surface area contributed by atoms with Crippen molar-refractivity contribution in [3.8, 4) is 11.5 Å². The van der Waals surface area contributed by atoms with Crippen molar-refractivity contribution in [2.45, 2.75) is 18.4 Å². The highest BCUT2D eigenvalue weighted by Gasteiger charge is 2.54. The van der Waals surface area contributed by atoms with Gasteiger partial charge in [0.1, 0.15) is 13.2 Å². The summed E-state index contributed by atoms with van der Waals surface area (Å²) in [4.78, 5) is 12.5. The van der Waals surface area contributed by atoms with E-state index in [0.717, 1.165) is 5.56 Å². The molecule has 4 nitrogen and oxygen atoms in total. The molecule has 1 heterocycles. The van der Waals surface area contributed by atoms with Crippen LogP contribution in [-0.4, -0.2) is 24.1 Å². The van der Waals surface area contributed by atoms with Crippen LogP contribution in [0.4, 0.5) is 0 Å². The van der Waals surface area contributed by atoms with Crippen LogP contribution in [0.3, 0.4) is 0 Å². The number of carbonyl (C=O) groups excluding carboxylic acids is 1. The van der Waals surface area contributed by atoms with Crippen LogP contribution in [0, 0.1) is 5.92 Å². The third-order valence-electron chi connectivity index (χ3n) is 4.64. The Kier molecular flexibility index (Phi) is 3.34. The second kappa shape index (κ2) is 5.39. The Bertz CT molecular complexity index is 740. The molecule has 23 heavy (non-hydrogen) atoms. The van der Waals surface area contributed by atoms with E-state index in [-0.39, 0.29) is 11.7 Å². The lowest BCUT2D eigenvalue weighted by atomic mass is 10.00. The van der Waals surface area contributed by atoms with Gasteiger partial charge in [0, 0.05) is 17.9 Å². The molecule has 0 spiro atoms. The van der Waals surface area contributed by atoms with Crippen LogP contribution >= 0.6 is 0 Å². The van der Waals surface area contributed by atoms with E-state index in [0.29, 0.717) is 43.1 Å². The summed E-state index contributed by atoms with van der Waals surface area (Å²) >= 11 is 0. The lowest BCUT2D eigenvalue weighted by molar-refractivity contribution is 0.0920. The minimum absolute atomic E-state index is 0.0226. The van der Waals surface area contributed by atoms with E-state index >= 15 is 0 Å². The maximum absolute atomic E-state index is 12.5. The molecule has 2 aromatic rings. The number of rotatable bonds is 4. The molecule has 0 amide bonds. The fourth-order valence-electron chi connectivity index (χ4n) is 3.20. The molecule has 1 fully saturated rings. The largest absolute Gasteiger partial charge is 0.486 e. The lowest BCUT2D eigenvalue weighted by Crippen LogP contribution is -2.16. The van der Waals surface area contributed by atoms with Crippen LogP contribution in [0.5, 0.6) is 11.5 Å². The predicted molar refractivity (Wildman–Crippen MR) is 84.8 cm³/mol. The van der Waals surface area contributed by atoms with Gasteiger partial charge in [-0.1, -0.05) is 30.3 Å². The Balaban J connectivity index is 1.47. The van der Waals surface area contributed by atoms with E-state index in [1.165, 1.54) is 0 Å². The Morgan fingerprint density at radius 1 is 1.09 bits per heavy atom. The first kappa shape index (κ1) is 14.3. The molecule has 2 aliphatic rings. The minimum Gasteiger partial charge on any atom is -0.486 e. The molecule has 0 bridgehead atoms. The summed E-state index contributed by atoms with van der Waals surface area (Å²) < 4.78 is 11.0. The number of benzene rings is 2. The van der Waals surface area contributed by atoms with Gasteiger partial charge in [0.25, 0.3) is 0 Å². The highest BCUT2D eigenvalue weighted by molar-refractivity contribution is 5.97. The number of fused-ring (bicyclic) bond motifs is 1. The minimum atomic E-state index is -0.856. The van der Waals surface area contributed by atoms with Crippen LogP contribution < -0.4 is 9.47 Å². The second-order valence-corrected chi connectivity index (χ2v) is 6.18. The predicted octanol–water partition coefficient (Wildman–Crippen LogP) is 2.94. The zero-order valence-corrected chi connectivity index (χ0v) is 12.7. The molecule has 1 aliphatic carbocycles. The number of ketones is 1. The zero-order chi connectivity index (χ0) is 15.9. The first-order chi connectivity index (χ1) is 11.2. The topological polar surface area (TPSA) is 55.8 Å². The molecule has 4 rings (SSSR count). The van der Waals surface area contributed by atoms with E-state index in [9.17, 15) is 9.90 Å². The molecule has 118 valence electrons. The lowest BCUT2D eigenvalue weighted by Gasteiger charge is -2.18. The Hall–Kier alpha value is -2.33. The smallest absolute Gasteiger partial charge is 0.163 e. The maximum atomic E-state index is 12.5. The van der Waals surface area contributed by atoms with Crippen molar-refractivity contribution >= 4 is 5.78 Å². The van der Waals surface area contributed by atoms with Gasteiger partial charge >= 0.3 is 0 Å². The van der Waals surface area contributed by atoms with E-state index in [1.54, 1.807) is 18.2 Å². The average Bonchev–Trinajstić information content (AvgIpc) is 3.26. The Morgan fingerprint density at radius 2 is 1.83 bits per heavy atom. The van der Waals surface area contributed by atoms with Gasteiger partial charge in [-0.05, 0) is 30.2 Å². The molecule has 0 radical (unpaired) electrons. The number of Topliss-reactive ketones (excluding diaryl/α,β-unsaturated/α-hetero) is 1. The highest BCUT2D eigenvalue weighted by Crippen LogP contribution is 2.54. The van der Waals surface area contributed by atoms with Crippen molar-refractivity contribution in [3.05, 3.63) is 59.7 Å². The number of ether oxygens (including phenoxy) is 2. The van der Waals surface area contributed by atoms with Gasteiger partial charge in [0.05, 0.1) is 5.60 Å². The maximum Gasteiger partial charge on any atom is 0.163 e. The Morgan fingerprint density at radius 3 is 2.61 bits per heavy atom. The van der Waals surface area contributed by atoms with Crippen LogP contribution in [0.25, 0.3) is 0 Å². The number of hydrogen-bond acceptors (Lipinski definition) is 4. The number of hydrogen-bond donors (Lipinski definition) is 1. The zero-order valence-electron chi connectivity index (χ0n) is 12.7. The molecule has 1 aliphatic heterocycles. The first-order valence-corrected chi connectivity index (χ1v) is 7.87. The van der Waals surface area contributed by atoms with Gasteiger partial charge in [-0.2, -0.15) is 0 Å². The van der Waals surface area contributed by atoms with Gasteiger partial charge in [-0.3, -0.25) is 4.79 Å². The molecule has 1 N–H and O–H groups in total. The van der Waals surface area contributed by atoms with Gasteiger partial charge in [0.2, 0.25) is 0 Å². The van der Waals surface area contributed by atoms with E-state index in [1.807, 2.05) is 30.3 Å². The van der Waals surface area contributed by atoms with Crippen LogP contribution in [0.2, 0.25) is 0 Å². The first-order valence-electron chi connectivity index (χ1n) is 7.87. The van der Waals surface area contributed by atoms with Crippen LogP contribution in [0.1, 0.15) is 28.8 Å². The molecule has 2 aromatic carbocycles. The monoisotopic (exact) mass is 310 g/mol. The molecule has 0 saturated heterocycles. The molecule has 0 aromatic heterocycles. The molecular weight excluding hydrogens is 292 g/mol. The SMILES string of the molecule is O=C(CC1CC1(O)c1ccccc1)c1ccc2c(c1)OCCO2. The van der Waals surface area contributed by atoms with Crippen molar-refractivity contribution in [3.63, 3.8) is 0 Å². The van der Waals surface area contributed by atoms with Crippen LogP contribution in [0.15, 0.2) is 48.5 Å². The highest BCUT2D eigenvalue weighted by atomic mass is 16.6. The average molecular weight is 310 g/mol. The standard InChI is InChI=1S/C19H18O4/c20-16(13-6-7-17-18(10-13)23-9-8-22-17)11-15-12-19(15,21)14-4-2-1-3-5-14/h1-7,10,15,21H,8-9,11-12H2. The quantitative estimate of drug-likeness (QED) is 0.882. The van der Waals surface area contributed by atoms with Gasteiger partial charge in [0.15, 0.2) is 17.3 Å². The summed E-state index contributed by atoms with van der Waals surface area (Å²) in [6.45, 7) is 1.04. The summed E-state index contributed by atoms with van der Waals surface area (Å²) in [5.74, 6) is 1.31. The van der Waals surface area contributed by atoms with Crippen LogP contribution in [-0.2, 0) is 5.60 Å². The Labute approximate surface area is 134 Å². The summed E-state index contributed by atoms with van der Waals surface area (Å²) in [6.07, 6.45) is 0.971. The second-order valence-electron chi connectivity index (χ2n) is 6.18. The van der Waals surface area contributed by atoms with Crippen molar-refractivity contribution in [1.82, 2.24) is 0 Å². The van der Waals surface area contributed by atoms with Gasteiger partial charge in [-0.15, -0.1) is 0 Å². The fraction of sp³-hybridized carbons (Fsp3) is 0.316. The van der Waals surface area contributed by atoms with E-state index in [4.69, 9.17) is 9.47 Å². The van der Waals surface area contributed by atoms with E-state index < -0.39 is 5.60 Å². The van der Waals surface area contributed by atoms with Crippen molar-refractivity contribution < 1.29 is 19.4 Å². The normalized spacial score (nSPS) is 25.0.